The van der Waals surface area contributed by atoms with Crippen molar-refractivity contribution in [1.82, 2.24) is 0 Å². The van der Waals surface area contributed by atoms with Crippen LogP contribution in [0.4, 0.5) is 23.2 Å². The van der Waals surface area contributed by atoms with Crippen LogP contribution in [0.3, 0.4) is 0 Å². The van der Waals surface area contributed by atoms with Gasteiger partial charge in [0.2, 0.25) is 0 Å². The van der Waals surface area contributed by atoms with Crippen molar-refractivity contribution in [3.8, 4) is 5.75 Å². The Hall–Kier alpha value is -2.57. The van der Waals surface area contributed by atoms with E-state index in [9.17, 15) is 22.4 Å². The molecule has 0 aromatic heterocycles. The van der Waals surface area contributed by atoms with Crippen molar-refractivity contribution in [2.75, 3.05) is 12.4 Å². The van der Waals surface area contributed by atoms with Crippen molar-refractivity contribution >= 4 is 11.6 Å². The van der Waals surface area contributed by atoms with Crippen molar-refractivity contribution in [1.29, 1.82) is 0 Å². The van der Waals surface area contributed by atoms with Crippen molar-refractivity contribution in [3.63, 3.8) is 0 Å². The Balaban J connectivity index is 2.28. The van der Waals surface area contributed by atoms with Crippen LogP contribution in [0.1, 0.15) is 15.9 Å². The molecule has 3 nitrogen and oxygen atoms in total. The number of benzene rings is 2. The quantitative estimate of drug-likeness (QED) is 0.866. The summed E-state index contributed by atoms with van der Waals surface area (Å²) >= 11 is 0. The number of methoxy groups -OCH3 is 1. The van der Waals surface area contributed by atoms with E-state index in [1.165, 1.54) is 25.3 Å². The lowest BCUT2D eigenvalue weighted by molar-refractivity contribution is -0.137. The maximum atomic E-state index is 13.2. The zero-order chi connectivity index (χ0) is 16.3. The summed E-state index contributed by atoms with van der Waals surface area (Å²) in [5.41, 5.74) is -1.05. The molecule has 1 amide bonds. The Labute approximate surface area is 123 Å². The van der Waals surface area contributed by atoms with E-state index in [2.05, 4.69) is 5.32 Å². The first-order valence-electron chi connectivity index (χ1n) is 6.13. The predicted molar refractivity (Wildman–Crippen MR) is 72.3 cm³/mol. The van der Waals surface area contributed by atoms with Crippen LogP contribution in [0.25, 0.3) is 0 Å². The predicted octanol–water partition coefficient (Wildman–Crippen LogP) is 4.11. The Kier molecular flexibility index (Phi) is 4.35. The van der Waals surface area contributed by atoms with E-state index in [4.69, 9.17) is 4.74 Å². The molecule has 0 radical (unpaired) electrons. The van der Waals surface area contributed by atoms with Gasteiger partial charge in [-0.25, -0.2) is 4.39 Å². The largest absolute Gasteiger partial charge is 0.496 e. The van der Waals surface area contributed by atoms with Crippen LogP contribution < -0.4 is 10.1 Å². The molecule has 1 N–H and O–H groups in total. The van der Waals surface area contributed by atoms with E-state index in [0.717, 1.165) is 24.3 Å². The number of nitrogens with one attached hydrogen (secondary N) is 1. The second-order valence-corrected chi connectivity index (χ2v) is 4.38. The van der Waals surface area contributed by atoms with Crippen molar-refractivity contribution < 1.29 is 27.1 Å². The number of alkyl halides is 3. The average Bonchev–Trinajstić information content (AvgIpc) is 2.46. The molecule has 2 rings (SSSR count). The molecule has 7 heteroatoms. The molecule has 0 fully saturated rings. The van der Waals surface area contributed by atoms with Crippen molar-refractivity contribution in [3.05, 3.63) is 59.4 Å². The number of carbonyl (C=O) groups excluding carboxylic acids is 1. The van der Waals surface area contributed by atoms with E-state index >= 15 is 0 Å². The zero-order valence-corrected chi connectivity index (χ0v) is 11.4. The summed E-state index contributed by atoms with van der Waals surface area (Å²) < 4.78 is 56.0. The number of hydrogen-bond donors (Lipinski definition) is 1. The smallest absolute Gasteiger partial charge is 0.416 e. The summed E-state index contributed by atoms with van der Waals surface area (Å²) in [6, 6.07) is 7.47. The van der Waals surface area contributed by atoms with Crippen LogP contribution in [0.15, 0.2) is 42.5 Å². The number of rotatable bonds is 3. The Morgan fingerprint density at radius 2 is 1.86 bits per heavy atom. The van der Waals surface area contributed by atoms with Crippen LogP contribution in [0.5, 0.6) is 5.75 Å². The standard InChI is InChI=1S/C15H11F4NO2/c1-22-13-6-5-10(16)8-12(13)14(21)20-11-4-2-3-9(7-11)15(17,18)19/h2-8H,1H3,(H,20,21). The van der Waals surface area contributed by atoms with Gasteiger partial charge in [-0.05, 0) is 36.4 Å². The molecule has 0 unspecified atom stereocenters. The topological polar surface area (TPSA) is 38.3 Å². The highest BCUT2D eigenvalue weighted by molar-refractivity contribution is 6.06. The van der Waals surface area contributed by atoms with E-state index < -0.39 is 23.5 Å². The van der Waals surface area contributed by atoms with Gasteiger partial charge in [0.1, 0.15) is 11.6 Å². The molecule has 0 bridgehead atoms. The summed E-state index contributed by atoms with van der Waals surface area (Å²) in [6.45, 7) is 0. The van der Waals surface area contributed by atoms with Gasteiger partial charge in [-0.15, -0.1) is 0 Å². The van der Waals surface area contributed by atoms with Crippen LogP contribution in [-0.2, 0) is 6.18 Å². The van der Waals surface area contributed by atoms with Crippen LogP contribution in [0.2, 0.25) is 0 Å². The maximum Gasteiger partial charge on any atom is 0.416 e. The summed E-state index contributed by atoms with van der Waals surface area (Å²) in [6.07, 6.45) is -4.52. The molecule has 0 heterocycles. The average molecular weight is 313 g/mol. The summed E-state index contributed by atoms with van der Waals surface area (Å²) in [5, 5.41) is 2.29. The van der Waals surface area contributed by atoms with Gasteiger partial charge in [-0.3, -0.25) is 4.79 Å². The van der Waals surface area contributed by atoms with Gasteiger partial charge >= 0.3 is 6.18 Å². The number of anilines is 1. The zero-order valence-electron chi connectivity index (χ0n) is 11.4. The molecule has 0 atom stereocenters. The summed E-state index contributed by atoms with van der Waals surface area (Å²) in [4.78, 5) is 12.1. The number of halogens is 4. The second kappa shape index (κ2) is 6.05. The third kappa shape index (κ3) is 3.55. The molecule has 0 aliphatic heterocycles. The van der Waals surface area contributed by atoms with Gasteiger partial charge in [0.25, 0.3) is 5.91 Å². The Morgan fingerprint density at radius 1 is 1.14 bits per heavy atom. The summed E-state index contributed by atoms with van der Waals surface area (Å²) in [7, 11) is 1.30. The SMILES string of the molecule is COc1ccc(F)cc1C(=O)Nc1cccc(C(F)(F)F)c1. The fourth-order valence-corrected chi connectivity index (χ4v) is 1.83. The lowest BCUT2D eigenvalue weighted by Gasteiger charge is -2.11. The van der Waals surface area contributed by atoms with Gasteiger partial charge in [0.15, 0.2) is 0 Å². The molecule has 0 aliphatic rings. The minimum Gasteiger partial charge on any atom is -0.496 e. The van der Waals surface area contributed by atoms with Crippen molar-refractivity contribution in [2.45, 2.75) is 6.18 Å². The van der Waals surface area contributed by atoms with Gasteiger partial charge in [0.05, 0.1) is 18.2 Å². The number of hydrogen-bond acceptors (Lipinski definition) is 2. The molecular weight excluding hydrogens is 302 g/mol. The number of carbonyl (C=O) groups is 1. The van der Waals surface area contributed by atoms with Gasteiger partial charge in [-0.2, -0.15) is 13.2 Å². The van der Waals surface area contributed by atoms with Crippen LogP contribution >= 0.6 is 0 Å². The molecule has 2 aromatic rings. The molecule has 22 heavy (non-hydrogen) atoms. The number of ether oxygens (including phenoxy) is 1. The second-order valence-electron chi connectivity index (χ2n) is 4.38. The number of amides is 1. The lowest BCUT2D eigenvalue weighted by atomic mass is 10.1. The Morgan fingerprint density at radius 3 is 2.50 bits per heavy atom. The van der Waals surface area contributed by atoms with E-state index in [-0.39, 0.29) is 17.0 Å². The van der Waals surface area contributed by atoms with Crippen LogP contribution in [-0.4, -0.2) is 13.0 Å². The molecule has 0 aliphatic carbocycles. The lowest BCUT2D eigenvalue weighted by Crippen LogP contribution is -2.14. The maximum absolute atomic E-state index is 13.2. The summed E-state index contributed by atoms with van der Waals surface area (Å²) in [5.74, 6) is -1.31. The third-order valence-corrected chi connectivity index (χ3v) is 2.85. The van der Waals surface area contributed by atoms with Gasteiger partial charge in [0, 0.05) is 5.69 Å². The molecule has 0 saturated heterocycles. The first-order chi connectivity index (χ1) is 10.3. The molecule has 2 aromatic carbocycles. The first-order valence-corrected chi connectivity index (χ1v) is 6.13. The normalized spacial score (nSPS) is 11.1. The first kappa shape index (κ1) is 15.8. The van der Waals surface area contributed by atoms with Gasteiger partial charge < -0.3 is 10.1 Å². The fourth-order valence-electron chi connectivity index (χ4n) is 1.83. The highest BCUT2D eigenvalue weighted by atomic mass is 19.4. The third-order valence-electron chi connectivity index (χ3n) is 2.85. The fraction of sp³-hybridized carbons (Fsp3) is 0.133. The van der Waals surface area contributed by atoms with Crippen LogP contribution in [0, 0.1) is 5.82 Å². The molecule has 116 valence electrons. The Bertz CT molecular complexity index is 698. The minimum absolute atomic E-state index is 0.0499. The highest BCUT2D eigenvalue weighted by Crippen LogP contribution is 2.31. The van der Waals surface area contributed by atoms with E-state index in [1.54, 1.807) is 0 Å². The van der Waals surface area contributed by atoms with Crippen molar-refractivity contribution in [2.24, 2.45) is 0 Å². The van der Waals surface area contributed by atoms with E-state index in [1.807, 2.05) is 0 Å². The minimum atomic E-state index is -4.52. The molecule has 0 saturated carbocycles. The van der Waals surface area contributed by atoms with E-state index in [0.29, 0.717) is 0 Å². The highest BCUT2D eigenvalue weighted by Gasteiger charge is 2.30. The monoisotopic (exact) mass is 313 g/mol. The molecule has 0 spiro atoms. The molecular formula is C15H11F4NO2. The van der Waals surface area contributed by atoms with Gasteiger partial charge in [-0.1, -0.05) is 6.07 Å².